The Hall–Kier alpha value is -6.16. The van der Waals surface area contributed by atoms with E-state index in [2.05, 4.69) is 29.1 Å². The van der Waals surface area contributed by atoms with Crippen molar-refractivity contribution in [3.8, 4) is 16.9 Å². The van der Waals surface area contributed by atoms with Crippen LogP contribution in [0.2, 0.25) is 5.02 Å². The lowest BCUT2D eigenvalue weighted by Crippen LogP contribution is -2.58. The topological polar surface area (TPSA) is 300 Å². The third kappa shape index (κ3) is 20.1. The molecular formula is C71H100ClF2N7O15S. The normalized spacial score (nSPS) is 28.5. The molecule has 13 atom stereocenters. The molecule has 4 heterocycles. The number of hydrogen-bond acceptors (Lipinski definition) is 20. The molecule has 3 aliphatic heterocycles. The van der Waals surface area contributed by atoms with Crippen LogP contribution in [0.4, 0.5) is 20.5 Å². The fraction of sp³-hybridized carbons (Fsp3) is 0.634. The molecule has 1 aromatic heterocycles. The standard InChI is InChI=1S/C71H100ClF2N7O15S/c1-11-60(87)79-26-28-80(29-27-79)67-48-38-49(72)61(62-50(73)17-14-19-53(62)83)63(74)64(48)77-70(78-67)76-23-22-59(86)75-24-31-97-30-15-16-47-33-40(2)32-41(3)34-56(93-8)45(7)57(94-9)36-43(5)71(91,92)66(88)68(89)81-25-13-12-18-51(81)69(90)96-65(44(6)54(84)39-55(47)85)42(4)35-46-20-21-52(82)58(37-46)95-10/h11,14,17,19,33,35,38,41,43-47,51-52,54,56-58,65,82-84,91-92H,1,12-13,15-16,18,20-32,34,36-37,39H2,2-10H3,(H,75,86)(H,76,77,78)/b40-33+,42-35+/t41-,43+,44+,45+,46-,47+,51-,52+,54-,56-,57-,58+,65+/m0/s1. The summed E-state index contributed by atoms with van der Waals surface area (Å²) in [6.45, 7) is 16.0. The first-order valence-electron chi connectivity index (χ1n) is 33.9. The highest BCUT2D eigenvalue weighted by atomic mass is 35.5. The van der Waals surface area contributed by atoms with Crippen LogP contribution in [0.15, 0.2) is 60.2 Å². The molecule has 2 saturated heterocycles. The lowest BCUT2D eigenvalue weighted by atomic mass is 9.81. The van der Waals surface area contributed by atoms with Gasteiger partial charge in [0.05, 0.1) is 41.1 Å². The number of piperazine rings is 1. The Labute approximate surface area is 577 Å². The Morgan fingerprint density at radius 3 is 2.25 bits per heavy atom. The molecule has 1 aliphatic carbocycles. The fourth-order valence-electron chi connectivity index (χ4n) is 14.0. The smallest absolute Gasteiger partial charge is 0.329 e. The lowest BCUT2D eigenvalue weighted by Gasteiger charge is -2.38. The van der Waals surface area contributed by atoms with Gasteiger partial charge in [0.15, 0.2) is 5.82 Å². The van der Waals surface area contributed by atoms with Crippen molar-refractivity contribution in [2.45, 2.75) is 173 Å². The first-order chi connectivity index (χ1) is 46.1. The van der Waals surface area contributed by atoms with Crippen LogP contribution in [0.3, 0.4) is 0 Å². The van der Waals surface area contributed by atoms with E-state index in [-0.39, 0.29) is 108 Å². The number of hydrogen-bond donors (Lipinski definition) is 7. The minimum atomic E-state index is -3.13. The van der Waals surface area contributed by atoms with E-state index in [1.807, 2.05) is 30.9 Å². The number of benzene rings is 2. The van der Waals surface area contributed by atoms with Crippen LogP contribution < -0.4 is 15.5 Å². The lowest BCUT2D eigenvalue weighted by molar-refractivity contribution is -0.209. The average molecular weight is 1400 g/mol. The number of anilines is 2. The van der Waals surface area contributed by atoms with Gasteiger partial charge in [-0.2, -0.15) is 16.7 Å². The van der Waals surface area contributed by atoms with Gasteiger partial charge in [0.25, 0.3) is 11.7 Å². The van der Waals surface area contributed by atoms with E-state index in [1.54, 1.807) is 37.6 Å². The Morgan fingerprint density at radius 2 is 1.57 bits per heavy atom. The third-order valence-corrected chi connectivity index (χ3v) is 21.2. The van der Waals surface area contributed by atoms with Crippen molar-refractivity contribution >= 4 is 81.3 Å². The van der Waals surface area contributed by atoms with Gasteiger partial charge < -0.3 is 69.8 Å². The minimum Gasteiger partial charge on any atom is -0.507 e. The molecule has 1 saturated carbocycles. The van der Waals surface area contributed by atoms with Crippen LogP contribution >= 0.6 is 23.4 Å². The molecule has 3 aromatic rings. The van der Waals surface area contributed by atoms with E-state index in [0.29, 0.717) is 113 Å². The molecule has 97 heavy (non-hydrogen) atoms. The number of aliphatic hydroxyl groups is 4. The number of fused-ring (bicyclic) bond motifs is 2. The second-order valence-corrected chi connectivity index (χ2v) is 28.4. The van der Waals surface area contributed by atoms with Crippen molar-refractivity contribution in [1.29, 1.82) is 0 Å². The van der Waals surface area contributed by atoms with Crippen LogP contribution in [0.5, 0.6) is 5.75 Å². The number of halogens is 3. The zero-order valence-electron chi connectivity index (χ0n) is 57.4. The number of amides is 3. The minimum absolute atomic E-state index is 0.0175. The summed E-state index contributed by atoms with van der Waals surface area (Å²) in [6.07, 6.45) is 4.96. The van der Waals surface area contributed by atoms with Crippen LogP contribution in [0, 0.1) is 47.1 Å². The highest BCUT2D eigenvalue weighted by Crippen LogP contribution is 2.43. The molecule has 22 nitrogen and oxygen atoms in total. The molecule has 26 heteroatoms. The number of nitrogens with one attached hydrogen (secondary N) is 2. The van der Waals surface area contributed by atoms with Gasteiger partial charge in [-0.25, -0.2) is 18.6 Å². The molecule has 4 aliphatic rings. The zero-order valence-corrected chi connectivity index (χ0v) is 59.0. The summed E-state index contributed by atoms with van der Waals surface area (Å²) >= 11 is 8.22. The number of carbonyl (C=O) groups excluding carboxylic acids is 6. The third-order valence-electron chi connectivity index (χ3n) is 19.8. The van der Waals surface area contributed by atoms with E-state index in [4.69, 9.17) is 35.5 Å². The van der Waals surface area contributed by atoms with E-state index >= 15 is 8.78 Å². The van der Waals surface area contributed by atoms with Gasteiger partial charge in [-0.05, 0) is 132 Å². The molecule has 3 fully saturated rings. The van der Waals surface area contributed by atoms with E-state index < -0.39 is 101 Å². The average Bonchev–Trinajstić information content (AvgIpc) is 0.759. The number of phenolic OH excluding ortho intramolecular Hbond substituents is 1. The molecule has 0 radical (unpaired) electrons. The Morgan fingerprint density at radius 1 is 0.866 bits per heavy atom. The number of nitrogens with zero attached hydrogens (tertiary/aromatic N) is 5. The van der Waals surface area contributed by atoms with Gasteiger partial charge in [0.1, 0.15) is 40.8 Å². The maximum atomic E-state index is 16.7. The second-order valence-electron chi connectivity index (χ2n) is 26.8. The summed E-state index contributed by atoms with van der Waals surface area (Å²) in [6, 6.07) is 3.71. The number of ketones is 2. The molecule has 7 rings (SSSR count). The largest absolute Gasteiger partial charge is 0.507 e. The van der Waals surface area contributed by atoms with E-state index in [9.17, 15) is 54.3 Å². The summed E-state index contributed by atoms with van der Waals surface area (Å²) < 4.78 is 55.8. The number of phenols is 1. The number of ether oxygens (including phenoxy) is 4. The number of aromatic nitrogens is 2. The number of rotatable bonds is 19. The van der Waals surface area contributed by atoms with E-state index in [0.717, 1.165) is 16.5 Å². The predicted octanol–water partition coefficient (Wildman–Crippen LogP) is 8.51. The SMILES string of the molecule is C=CC(=O)N1CCN(c2nc(NCCC(=O)NCCSCCC[C@@H]3/C=C(\C)C[C@H](C)C[C@H](OC)[C@@H](C)[C@@H](OC)C[C@@H](C)C(O)(O)C(=O)C(=O)N4CCCC[C@H]4C(=O)O[C@H](/C(C)=C/[C@@H]4CC[C@@H](O)[C@H](OC)C4)[C@H](C)[C@@H](O)CC3=O)nc3c(F)c(-c4c(O)cccc4F)c(Cl)cc23)CC1. The van der Waals surface area contributed by atoms with Gasteiger partial charge in [-0.15, -0.1) is 0 Å². The highest BCUT2D eigenvalue weighted by molar-refractivity contribution is 7.99. The number of Topliss-reactive ketones (excluding diaryl/α,β-unsaturated/α-hetero) is 2. The quantitative estimate of drug-likeness (QED) is 0.0148. The fourth-order valence-corrected chi connectivity index (χ4v) is 15.1. The van der Waals surface area contributed by atoms with Gasteiger partial charge in [0, 0.05) is 120 Å². The summed E-state index contributed by atoms with van der Waals surface area (Å²) in [5.74, 6) is -11.6. The molecule has 3 amide bonds. The number of esters is 1. The first-order valence-corrected chi connectivity index (χ1v) is 35.4. The van der Waals surface area contributed by atoms with Crippen LogP contribution in [0.1, 0.15) is 125 Å². The number of carbonyl (C=O) groups is 6. The van der Waals surface area contributed by atoms with Crippen molar-refractivity contribution in [2.75, 3.05) is 88.9 Å². The summed E-state index contributed by atoms with van der Waals surface area (Å²) in [5, 5.41) is 62.4. The second kappa shape index (κ2) is 36.3. The number of cyclic esters (lactones) is 1. The van der Waals surface area contributed by atoms with Crippen molar-refractivity contribution in [1.82, 2.24) is 25.1 Å². The summed E-state index contributed by atoms with van der Waals surface area (Å²) in [5.41, 5.74) is 0.476. The molecule has 0 unspecified atom stereocenters. The monoisotopic (exact) mass is 1400 g/mol. The molecule has 2 aromatic carbocycles. The van der Waals surface area contributed by atoms with Crippen molar-refractivity contribution in [3.05, 3.63) is 76.9 Å². The predicted molar refractivity (Wildman–Crippen MR) is 368 cm³/mol. The van der Waals surface area contributed by atoms with Gasteiger partial charge in [0.2, 0.25) is 23.5 Å². The molecule has 536 valence electrons. The van der Waals surface area contributed by atoms with Gasteiger partial charge >= 0.3 is 5.97 Å². The maximum Gasteiger partial charge on any atom is 0.329 e. The molecular weight excluding hydrogens is 1300 g/mol. The Balaban J connectivity index is 1.04. The number of aromatic hydroxyl groups is 1. The number of thioether (sulfide) groups is 1. The molecule has 7 N–H and O–H groups in total. The van der Waals surface area contributed by atoms with Crippen molar-refractivity contribution in [3.63, 3.8) is 0 Å². The van der Waals surface area contributed by atoms with Crippen molar-refractivity contribution in [2.24, 2.45) is 35.5 Å². The molecule has 0 bridgehead atoms. The van der Waals surface area contributed by atoms with E-state index in [1.165, 1.54) is 45.4 Å². The maximum absolute atomic E-state index is 16.7. The molecule has 0 spiro atoms. The van der Waals surface area contributed by atoms with Crippen LogP contribution in [-0.4, -0.2) is 208 Å². The summed E-state index contributed by atoms with van der Waals surface area (Å²) in [7, 11) is 4.60. The number of methoxy groups -OCH3 is 3. The highest BCUT2D eigenvalue weighted by Gasteiger charge is 2.49. The van der Waals surface area contributed by atoms with Crippen LogP contribution in [-0.2, 0) is 47.7 Å². The Kier molecular flexibility index (Phi) is 29.2. The summed E-state index contributed by atoms with van der Waals surface area (Å²) in [4.78, 5) is 96.9. The number of piperidine rings is 1. The van der Waals surface area contributed by atoms with Crippen LogP contribution in [0.25, 0.3) is 22.0 Å². The number of aliphatic hydroxyl groups excluding tert-OH is 2. The number of allylic oxidation sites excluding steroid dienone is 3. The van der Waals surface area contributed by atoms with Gasteiger partial charge in [-0.3, -0.25) is 24.0 Å². The van der Waals surface area contributed by atoms with Crippen molar-refractivity contribution < 1.29 is 82.0 Å². The Bertz CT molecular complexity index is 3300. The zero-order chi connectivity index (χ0) is 71.0. The first kappa shape index (κ1) is 78.2. The van der Waals surface area contributed by atoms with Gasteiger partial charge in [-0.1, -0.05) is 69.7 Å².